The lowest BCUT2D eigenvalue weighted by molar-refractivity contribution is -0.927. The smallest absolute Gasteiger partial charge is 0.124 e. The van der Waals surface area contributed by atoms with Crippen molar-refractivity contribution in [3.8, 4) is 0 Å². The molecule has 3 rings (SSSR count). The summed E-state index contributed by atoms with van der Waals surface area (Å²) in [4.78, 5) is 4.10. The predicted octanol–water partition coefficient (Wildman–Crippen LogP) is 4.10. The van der Waals surface area contributed by atoms with E-state index in [-0.39, 0.29) is 4.90 Å². The number of nitrogens with zero attached hydrogens (tertiary/aromatic N) is 2. The Morgan fingerprint density at radius 2 is 1.79 bits per heavy atom. The molecule has 0 amide bonds. The van der Waals surface area contributed by atoms with Gasteiger partial charge in [-0.3, -0.25) is 4.98 Å². The quantitative estimate of drug-likeness (QED) is 0.275. The number of aryl methyl sites for hydroxylation is 1. The van der Waals surface area contributed by atoms with E-state index in [9.17, 15) is 13.0 Å². The molecule has 1 aromatic heterocycles. The summed E-state index contributed by atoms with van der Waals surface area (Å²) in [5, 5.41) is 0. The Morgan fingerprint density at radius 3 is 2.39 bits per heavy atom. The van der Waals surface area contributed by atoms with Crippen molar-refractivity contribution in [2.24, 2.45) is 0 Å². The summed E-state index contributed by atoms with van der Waals surface area (Å²) in [5.74, 6) is 0. The Labute approximate surface area is 199 Å². The maximum atomic E-state index is 10.4. The molecule has 2 atom stereocenters. The van der Waals surface area contributed by atoms with Crippen LogP contribution in [0.1, 0.15) is 49.8 Å². The third-order valence-electron chi connectivity index (χ3n) is 6.04. The zero-order valence-electron chi connectivity index (χ0n) is 20.1. The van der Waals surface area contributed by atoms with Crippen molar-refractivity contribution in [1.82, 2.24) is 4.98 Å². The number of aromatic nitrogens is 1. The fourth-order valence-electron chi connectivity index (χ4n) is 4.03. The second kappa shape index (κ2) is 13.8. The number of ether oxygens (including phenoxy) is 2. The number of pyridine rings is 1. The number of hydrogen-bond acceptors (Lipinski definition) is 6. The van der Waals surface area contributed by atoms with E-state index in [1.807, 2.05) is 25.4 Å². The SMILES string of the molecule is CCCCOCCOCC[N+]1(C)CCCC1c1cccnc1.Cc1ccc(S(=O)(=O)[O-])cc1. The molecule has 1 aromatic carbocycles. The first-order valence-electron chi connectivity index (χ1n) is 11.7. The summed E-state index contributed by atoms with van der Waals surface area (Å²) in [6.45, 7) is 9.39. The van der Waals surface area contributed by atoms with Gasteiger partial charge < -0.3 is 18.5 Å². The van der Waals surface area contributed by atoms with Gasteiger partial charge in [0, 0.05) is 37.4 Å². The van der Waals surface area contributed by atoms with Crippen LogP contribution in [0, 0.1) is 6.92 Å². The second-order valence-corrected chi connectivity index (χ2v) is 10.1. The highest BCUT2D eigenvalue weighted by Gasteiger charge is 2.38. The van der Waals surface area contributed by atoms with Crippen molar-refractivity contribution in [1.29, 1.82) is 0 Å². The van der Waals surface area contributed by atoms with Gasteiger partial charge in [-0.15, -0.1) is 0 Å². The summed E-state index contributed by atoms with van der Waals surface area (Å²) in [7, 11) is -1.92. The van der Waals surface area contributed by atoms with Crippen LogP contribution in [0.25, 0.3) is 0 Å². The topological polar surface area (TPSA) is 88.6 Å². The zero-order valence-corrected chi connectivity index (χ0v) is 20.9. The van der Waals surface area contributed by atoms with E-state index in [1.54, 1.807) is 12.1 Å². The third kappa shape index (κ3) is 9.51. The molecule has 0 aliphatic carbocycles. The molecule has 2 aromatic rings. The van der Waals surface area contributed by atoms with Crippen LogP contribution in [0.15, 0.2) is 53.7 Å². The summed E-state index contributed by atoms with van der Waals surface area (Å²) < 4.78 is 43.5. The third-order valence-corrected chi connectivity index (χ3v) is 6.89. The Morgan fingerprint density at radius 1 is 1.09 bits per heavy atom. The molecular formula is C25H38N2O5S. The molecule has 1 fully saturated rings. The first-order valence-corrected chi connectivity index (χ1v) is 13.1. The average molecular weight is 479 g/mol. The van der Waals surface area contributed by atoms with Crippen molar-refractivity contribution in [3.63, 3.8) is 0 Å². The lowest BCUT2D eigenvalue weighted by Crippen LogP contribution is -2.45. The molecule has 0 spiro atoms. The summed E-state index contributed by atoms with van der Waals surface area (Å²) >= 11 is 0. The molecule has 1 saturated heterocycles. The zero-order chi connectivity index (χ0) is 24.2. The normalized spacial score (nSPS) is 20.3. The molecule has 33 heavy (non-hydrogen) atoms. The van der Waals surface area contributed by atoms with Crippen LogP contribution < -0.4 is 0 Å². The predicted molar refractivity (Wildman–Crippen MR) is 128 cm³/mol. The van der Waals surface area contributed by atoms with Gasteiger partial charge in [0.15, 0.2) is 0 Å². The lowest BCUT2D eigenvalue weighted by Gasteiger charge is -2.36. The van der Waals surface area contributed by atoms with Crippen molar-refractivity contribution in [2.75, 3.05) is 46.6 Å². The fourth-order valence-corrected chi connectivity index (χ4v) is 4.50. The summed E-state index contributed by atoms with van der Waals surface area (Å²) in [6.07, 6.45) is 8.74. The minimum atomic E-state index is -4.27. The van der Waals surface area contributed by atoms with E-state index in [0.29, 0.717) is 12.6 Å². The number of likely N-dealkylation sites (tertiary alicyclic amines) is 1. The van der Waals surface area contributed by atoms with Gasteiger partial charge >= 0.3 is 0 Å². The largest absolute Gasteiger partial charge is 0.744 e. The number of hydrogen-bond donors (Lipinski definition) is 0. The number of unbranched alkanes of at least 4 members (excludes halogenated alkanes) is 1. The Balaban J connectivity index is 0.000000294. The van der Waals surface area contributed by atoms with Gasteiger partial charge in [-0.25, -0.2) is 8.42 Å². The van der Waals surface area contributed by atoms with Gasteiger partial charge in [-0.05, 0) is 31.5 Å². The van der Waals surface area contributed by atoms with E-state index in [0.717, 1.165) is 42.8 Å². The van der Waals surface area contributed by atoms with Crippen LogP contribution in [0.5, 0.6) is 0 Å². The van der Waals surface area contributed by atoms with E-state index in [1.165, 1.54) is 43.5 Å². The van der Waals surface area contributed by atoms with Crippen LogP contribution in [-0.4, -0.2) is 69.0 Å². The van der Waals surface area contributed by atoms with Crippen LogP contribution in [0.3, 0.4) is 0 Å². The van der Waals surface area contributed by atoms with Crippen LogP contribution in [0.4, 0.5) is 0 Å². The van der Waals surface area contributed by atoms with Gasteiger partial charge in [0.05, 0.1) is 38.3 Å². The Kier molecular flexibility index (Phi) is 11.4. The van der Waals surface area contributed by atoms with Crippen molar-refractivity contribution in [3.05, 3.63) is 59.9 Å². The molecule has 1 aliphatic rings. The summed E-state index contributed by atoms with van der Waals surface area (Å²) in [6, 6.07) is 10.6. The van der Waals surface area contributed by atoms with Crippen molar-refractivity contribution in [2.45, 2.75) is 50.5 Å². The maximum absolute atomic E-state index is 10.4. The highest BCUT2D eigenvalue weighted by atomic mass is 32.2. The molecule has 0 radical (unpaired) electrons. The van der Waals surface area contributed by atoms with Crippen LogP contribution in [-0.2, 0) is 19.6 Å². The van der Waals surface area contributed by atoms with Gasteiger partial charge in [0.25, 0.3) is 0 Å². The maximum Gasteiger partial charge on any atom is 0.124 e. The van der Waals surface area contributed by atoms with Crippen LogP contribution in [0.2, 0.25) is 0 Å². The van der Waals surface area contributed by atoms with E-state index < -0.39 is 10.1 Å². The standard InChI is InChI=1S/C18H31N2O2.C7H8O3S/c1-3-4-12-21-14-15-22-13-11-20(2)10-6-8-18(20)17-7-5-9-19-16-17;1-6-2-4-7(5-3-6)11(8,9)10/h5,7,9,16,18H,3-4,6,8,10-15H2,1-2H3;2-5H,1H3,(H,8,9,10)/q+1;/p-1. The first kappa shape index (κ1) is 27.4. The molecule has 0 bridgehead atoms. The molecule has 1 aliphatic heterocycles. The molecule has 0 N–H and O–H groups in total. The van der Waals surface area contributed by atoms with Crippen molar-refractivity contribution >= 4 is 10.1 Å². The highest BCUT2D eigenvalue weighted by molar-refractivity contribution is 7.85. The van der Waals surface area contributed by atoms with Crippen molar-refractivity contribution < 1.29 is 26.9 Å². The molecule has 2 unspecified atom stereocenters. The van der Waals surface area contributed by atoms with E-state index in [2.05, 4.69) is 25.0 Å². The first-order chi connectivity index (χ1) is 15.8. The van der Waals surface area contributed by atoms with Gasteiger partial charge in [0.1, 0.15) is 22.7 Å². The Hall–Kier alpha value is -1.84. The minimum Gasteiger partial charge on any atom is -0.744 e. The molecular weight excluding hydrogens is 440 g/mol. The molecule has 8 heteroatoms. The minimum absolute atomic E-state index is 0.178. The average Bonchev–Trinajstić information content (AvgIpc) is 3.18. The van der Waals surface area contributed by atoms with Gasteiger partial charge in [-0.1, -0.05) is 37.1 Å². The van der Waals surface area contributed by atoms with E-state index in [4.69, 9.17) is 9.47 Å². The molecule has 184 valence electrons. The lowest BCUT2D eigenvalue weighted by atomic mass is 10.1. The Bertz CT molecular complexity index is 906. The number of quaternary nitrogens is 1. The highest BCUT2D eigenvalue weighted by Crippen LogP contribution is 2.36. The van der Waals surface area contributed by atoms with Crippen LogP contribution >= 0.6 is 0 Å². The van der Waals surface area contributed by atoms with E-state index >= 15 is 0 Å². The number of likely N-dealkylation sites (N-methyl/N-ethyl adjacent to an activating group) is 1. The molecule has 7 nitrogen and oxygen atoms in total. The fraction of sp³-hybridized carbons (Fsp3) is 0.560. The number of benzene rings is 1. The van der Waals surface area contributed by atoms with Gasteiger partial charge in [0.2, 0.25) is 0 Å². The summed E-state index contributed by atoms with van der Waals surface area (Å²) in [5.41, 5.74) is 2.29. The monoisotopic (exact) mass is 478 g/mol. The molecule has 0 saturated carbocycles. The van der Waals surface area contributed by atoms with Gasteiger partial charge in [-0.2, -0.15) is 0 Å². The molecule has 2 heterocycles. The second-order valence-electron chi connectivity index (χ2n) is 8.72. The number of rotatable bonds is 11.